The number of benzene rings is 3. The summed E-state index contributed by atoms with van der Waals surface area (Å²) in [6, 6.07) is 25.7. The first-order valence-electron chi connectivity index (χ1n) is 13.1. The monoisotopic (exact) mass is 576 g/mol. The molecule has 42 heavy (non-hydrogen) atoms. The molecule has 1 unspecified atom stereocenters. The number of nitro benzene ring substituents is 1. The number of rotatable bonds is 6. The zero-order chi connectivity index (χ0) is 29.4. The molecule has 1 atom stereocenters. The fourth-order valence-electron chi connectivity index (χ4n) is 4.88. The van der Waals surface area contributed by atoms with Crippen LogP contribution >= 0.6 is 11.3 Å². The van der Waals surface area contributed by atoms with E-state index >= 15 is 0 Å². The number of aromatic nitrogens is 1. The molecule has 3 heterocycles. The Balaban J connectivity index is 1.43. The Bertz CT molecular complexity index is 2050. The summed E-state index contributed by atoms with van der Waals surface area (Å²) in [5.74, 6) is 0.507. The Labute approximate surface area is 243 Å². The highest BCUT2D eigenvalue weighted by Crippen LogP contribution is 2.31. The summed E-state index contributed by atoms with van der Waals surface area (Å²) in [5, 5.41) is 14.1. The number of thiazole rings is 1. The molecule has 0 aliphatic carbocycles. The van der Waals surface area contributed by atoms with Crippen LogP contribution < -0.4 is 20.2 Å². The van der Waals surface area contributed by atoms with Crippen molar-refractivity contribution >= 4 is 34.7 Å². The Hall–Kier alpha value is -5.35. The first-order valence-corrected chi connectivity index (χ1v) is 13.9. The highest BCUT2D eigenvalue weighted by molar-refractivity contribution is 7.07. The van der Waals surface area contributed by atoms with Crippen molar-refractivity contribution in [1.82, 2.24) is 4.57 Å². The summed E-state index contributed by atoms with van der Waals surface area (Å²) in [7, 11) is 0. The van der Waals surface area contributed by atoms with Crippen LogP contribution in [0.3, 0.4) is 0 Å². The predicted octanol–water partition coefficient (Wildman–Crippen LogP) is 5.35. The van der Waals surface area contributed by atoms with Gasteiger partial charge >= 0.3 is 0 Å². The molecule has 0 spiro atoms. The number of anilines is 1. The first kappa shape index (κ1) is 26.9. The van der Waals surface area contributed by atoms with Crippen LogP contribution in [-0.4, -0.2) is 15.4 Å². The van der Waals surface area contributed by atoms with Crippen LogP contribution in [0.25, 0.3) is 17.4 Å². The third-order valence-electron chi connectivity index (χ3n) is 6.93. The highest BCUT2D eigenvalue weighted by atomic mass is 32.1. The number of carbonyl (C=O) groups excluding carboxylic acids is 1. The van der Waals surface area contributed by atoms with Crippen molar-refractivity contribution in [2.45, 2.75) is 19.9 Å². The third-order valence-corrected chi connectivity index (χ3v) is 7.92. The molecule has 208 valence electrons. The molecule has 1 aliphatic rings. The van der Waals surface area contributed by atoms with Crippen LogP contribution in [0, 0.1) is 17.0 Å². The van der Waals surface area contributed by atoms with Crippen molar-refractivity contribution < 1.29 is 14.1 Å². The fraction of sp³-hybridized carbons (Fsp3) is 0.0938. The van der Waals surface area contributed by atoms with E-state index in [1.54, 1.807) is 54.0 Å². The van der Waals surface area contributed by atoms with Crippen LogP contribution in [0.5, 0.6) is 0 Å². The number of allylic oxidation sites excluding steroid dienone is 1. The number of fused-ring (bicyclic) bond motifs is 1. The van der Waals surface area contributed by atoms with Crippen LogP contribution in [0.1, 0.15) is 29.9 Å². The van der Waals surface area contributed by atoms with E-state index in [9.17, 15) is 19.7 Å². The molecule has 5 aromatic rings. The summed E-state index contributed by atoms with van der Waals surface area (Å²) in [6.07, 6.45) is 1.62. The van der Waals surface area contributed by atoms with Gasteiger partial charge in [0.05, 0.1) is 26.8 Å². The van der Waals surface area contributed by atoms with Crippen molar-refractivity contribution in [2.24, 2.45) is 4.99 Å². The van der Waals surface area contributed by atoms with Crippen LogP contribution in [0.4, 0.5) is 11.4 Å². The molecule has 10 heteroatoms. The molecule has 0 saturated carbocycles. The lowest BCUT2D eigenvalue weighted by atomic mass is 9.94. The maximum Gasteiger partial charge on any atom is 0.271 e. The number of nitro groups is 1. The van der Waals surface area contributed by atoms with Gasteiger partial charge < -0.3 is 9.73 Å². The number of amides is 1. The predicted molar refractivity (Wildman–Crippen MR) is 161 cm³/mol. The molecule has 0 bridgehead atoms. The Morgan fingerprint density at radius 2 is 1.79 bits per heavy atom. The van der Waals surface area contributed by atoms with Gasteiger partial charge in [-0.05, 0) is 43.7 Å². The number of furan rings is 1. The number of nitrogens with one attached hydrogen (secondary N) is 1. The molecular weight excluding hydrogens is 552 g/mol. The van der Waals surface area contributed by atoms with Crippen molar-refractivity contribution in [3.8, 4) is 11.3 Å². The number of carbonyl (C=O) groups is 1. The molecular formula is C32H24N4O5S. The Morgan fingerprint density at radius 3 is 2.52 bits per heavy atom. The van der Waals surface area contributed by atoms with E-state index in [-0.39, 0.29) is 17.2 Å². The minimum Gasteiger partial charge on any atom is -0.457 e. The minimum absolute atomic E-state index is 0.0441. The van der Waals surface area contributed by atoms with Crippen LogP contribution in [-0.2, 0) is 4.79 Å². The van der Waals surface area contributed by atoms with Gasteiger partial charge in [-0.3, -0.25) is 24.3 Å². The Kier molecular flexibility index (Phi) is 6.97. The summed E-state index contributed by atoms with van der Waals surface area (Å²) in [6.45, 7) is 3.75. The average Bonchev–Trinajstić information content (AvgIpc) is 3.57. The first-order chi connectivity index (χ1) is 20.3. The molecule has 1 aliphatic heterocycles. The van der Waals surface area contributed by atoms with Gasteiger partial charge in [0.25, 0.3) is 17.2 Å². The third kappa shape index (κ3) is 5.11. The smallest absolute Gasteiger partial charge is 0.271 e. The summed E-state index contributed by atoms with van der Waals surface area (Å²) >= 11 is 1.20. The fourth-order valence-corrected chi connectivity index (χ4v) is 5.91. The van der Waals surface area contributed by atoms with Crippen LogP contribution in [0.15, 0.2) is 116 Å². The van der Waals surface area contributed by atoms with Gasteiger partial charge in [0.1, 0.15) is 11.5 Å². The van der Waals surface area contributed by atoms with Crippen molar-refractivity contribution in [3.63, 3.8) is 0 Å². The molecule has 1 amide bonds. The van der Waals surface area contributed by atoms with Gasteiger partial charge in [-0.1, -0.05) is 71.5 Å². The molecule has 6 rings (SSSR count). The molecule has 0 radical (unpaired) electrons. The number of nitrogens with zero attached hydrogens (tertiary/aromatic N) is 3. The van der Waals surface area contributed by atoms with E-state index < -0.39 is 11.0 Å². The summed E-state index contributed by atoms with van der Waals surface area (Å²) < 4.78 is 7.87. The van der Waals surface area contributed by atoms with Crippen molar-refractivity contribution in [3.05, 3.63) is 149 Å². The second-order valence-electron chi connectivity index (χ2n) is 9.82. The SMILES string of the molecule is CC1=C(C(=O)Nc2ccccc2)C(c2ccc(C)cc2)n2c(s/c(=C\c3ccc(-c4cccc([N+](=O)[O-])c4)o3)c2=O)=N1. The molecule has 0 fully saturated rings. The quantitative estimate of drug-likeness (QED) is 0.216. The normalized spacial score (nSPS) is 14.8. The average molecular weight is 577 g/mol. The number of para-hydroxylation sites is 1. The van der Waals surface area contributed by atoms with Gasteiger partial charge in [-0.25, -0.2) is 4.99 Å². The maximum absolute atomic E-state index is 13.9. The molecule has 2 aromatic heterocycles. The van der Waals surface area contributed by atoms with E-state index in [2.05, 4.69) is 10.3 Å². The van der Waals surface area contributed by atoms with E-state index in [0.717, 1.165) is 11.1 Å². The standard InChI is InChI=1S/C32H24N4O5S/c1-19-11-13-21(14-12-19)29-28(30(37)34-23-8-4-3-5-9-23)20(2)33-32-35(29)31(38)27(42-32)18-25-15-16-26(41-25)22-7-6-10-24(17-22)36(39)40/h3-18,29H,1-2H3,(H,34,37)/b27-18-. The zero-order valence-corrected chi connectivity index (χ0v) is 23.4. The van der Waals surface area contributed by atoms with Gasteiger partial charge in [-0.2, -0.15) is 0 Å². The second kappa shape index (κ2) is 10.9. The molecule has 0 saturated heterocycles. The Morgan fingerprint density at radius 1 is 1.02 bits per heavy atom. The zero-order valence-electron chi connectivity index (χ0n) is 22.6. The lowest BCUT2D eigenvalue weighted by Gasteiger charge is -2.25. The molecule has 9 nitrogen and oxygen atoms in total. The van der Waals surface area contributed by atoms with Gasteiger partial charge in [0, 0.05) is 29.5 Å². The molecule has 3 aromatic carbocycles. The number of hydrogen-bond donors (Lipinski definition) is 1. The van der Waals surface area contributed by atoms with Gasteiger partial charge in [0.15, 0.2) is 4.80 Å². The van der Waals surface area contributed by atoms with E-state index in [1.807, 2.05) is 49.4 Å². The minimum atomic E-state index is -0.690. The summed E-state index contributed by atoms with van der Waals surface area (Å²) in [4.78, 5) is 43.4. The topological polar surface area (TPSA) is 120 Å². The number of non-ortho nitro benzene ring substituents is 1. The maximum atomic E-state index is 13.9. The van der Waals surface area contributed by atoms with E-state index in [0.29, 0.717) is 43.4 Å². The van der Waals surface area contributed by atoms with E-state index in [4.69, 9.17) is 4.42 Å². The van der Waals surface area contributed by atoms with Crippen molar-refractivity contribution in [2.75, 3.05) is 5.32 Å². The van der Waals surface area contributed by atoms with E-state index in [1.165, 1.54) is 23.5 Å². The lowest BCUT2D eigenvalue weighted by Crippen LogP contribution is -2.40. The summed E-state index contributed by atoms with van der Waals surface area (Å²) in [5.41, 5.74) is 3.58. The largest absolute Gasteiger partial charge is 0.457 e. The second-order valence-corrected chi connectivity index (χ2v) is 10.8. The lowest BCUT2D eigenvalue weighted by molar-refractivity contribution is -0.384. The van der Waals surface area contributed by atoms with Crippen LogP contribution in [0.2, 0.25) is 0 Å². The number of hydrogen-bond acceptors (Lipinski definition) is 7. The van der Waals surface area contributed by atoms with Gasteiger partial charge in [-0.15, -0.1) is 0 Å². The highest BCUT2D eigenvalue weighted by Gasteiger charge is 2.32. The molecule has 1 N–H and O–H groups in total. The van der Waals surface area contributed by atoms with Crippen molar-refractivity contribution in [1.29, 1.82) is 0 Å². The number of aryl methyl sites for hydroxylation is 1. The van der Waals surface area contributed by atoms with Gasteiger partial charge in [0.2, 0.25) is 0 Å².